The molecule has 1 aromatic carbocycles. The molecule has 0 aliphatic carbocycles. The van der Waals surface area contributed by atoms with Gasteiger partial charge in [0.05, 0.1) is 18.8 Å². The standard InChI is InChI=1S/C12H15FN4O/c13-11-3-1-2-10(8-11)12(18)9-14-4-6-17-7-5-15-16-17/h1-3,5,7-8,12,14,18H,4,6,9H2. The highest BCUT2D eigenvalue weighted by atomic mass is 19.1. The molecule has 1 heterocycles. The molecule has 0 aliphatic heterocycles. The first-order valence-electron chi connectivity index (χ1n) is 5.74. The molecule has 0 spiro atoms. The number of nitrogens with zero attached hydrogens (tertiary/aromatic N) is 3. The average molecular weight is 250 g/mol. The van der Waals surface area contributed by atoms with Gasteiger partial charge in [0.2, 0.25) is 0 Å². The van der Waals surface area contributed by atoms with E-state index in [9.17, 15) is 9.50 Å². The summed E-state index contributed by atoms with van der Waals surface area (Å²) in [6.07, 6.45) is 2.67. The summed E-state index contributed by atoms with van der Waals surface area (Å²) >= 11 is 0. The Hall–Kier alpha value is -1.79. The summed E-state index contributed by atoms with van der Waals surface area (Å²) in [5, 5.41) is 20.4. The summed E-state index contributed by atoms with van der Waals surface area (Å²) in [5.41, 5.74) is 0.572. The molecule has 6 heteroatoms. The van der Waals surface area contributed by atoms with Crippen LogP contribution in [-0.4, -0.2) is 33.2 Å². The molecule has 5 nitrogen and oxygen atoms in total. The van der Waals surface area contributed by atoms with Crippen LogP contribution in [0.2, 0.25) is 0 Å². The number of benzene rings is 1. The van der Waals surface area contributed by atoms with Gasteiger partial charge >= 0.3 is 0 Å². The van der Waals surface area contributed by atoms with Crippen molar-refractivity contribution < 1.29 is 9.50 Å². The summed E-state index contributed by atoms with van der Waals surface area (Å²) in [6, 6.07) is 5.98. The van der Waals surface area contributed by atoms with Crippen molar-refractivity contribution in [1.29, 1.82) is 0 Å². The van der Waals surface area contributed by atoms with Crippen molar-refractivity contribution in [2.75, 3.05) is 13.1 Å². The van der Waals surface area contributed by atoms with E-state index in [2.05, 4.69) is 15.6 Å². The van der Waals surface area contributed by atoms with Crippen LogP contribution >= 0.6 is 0 Å². The summed E-state index contributed by atoms with van der Waals surface area (Å²) in [5.74, 6) is -0.339. The lowest BCUT2D eigenvalue weighted by atomic mass is 10.1. The van der Waals surface area contributed by atoms with E-state index < -0.39 is 6.10 Å². The first kappa shape index (κ1) is 12.7. The number of aliphatic hydroxyl groups is 1. The topological polar surface area (TPSA) is 63.0 Å². The highest BCUT2D eigenvalue weighted by Gasteiger charge is 2.07. The molecule has 1 unspecified atom stereocenters. The third kappa shape index (κ3) is 3.61. The molecule has 2 N–H and O–H groups in total. The highest BCUT2D eigenvalue weighted by Crippen LogP contribution is 2.12. The first-order chi connectivity index (χ1) is 8.75. The van der Waals surface area contributed by atoms with Gasteiger partial charge in [0.15, 0.2) is 0 Å². The molecule has 0 fully saturated rings. The van der Waals surface area contributed by atoms with E-state index in [4.69, 9.17) is 0 Å². The second-order valence-corrected chi connectivity index (χ2v) is 3.94. The molecule has 2 aromatic rings. The molecule has 0 saturated carbocycles. The highest BCUT2D eigenvalue weighted by molar-refractivity contribution is 5.18. The number of halogens is 1. The van der Waals surface area contributed by atoms with Crippen molar-refractivity contribution in [2.45, 2.75) is 12.6 Å². The molecule has 0 saturated heterocycles. The fraction of sp³-hybridized carbons (Fsp3) is 0.333. The Morgan fingerprint density at radius 1 is 1.44 bits per heavy atom. The number of hydrogen-bond donors (Lipinski definition) is 2. The molecule has 0 aliphatic rings. The van der Waals surface area contributed by atoms with Gasteiger partial charge in [-0.25, -0.2) is 4.39 Å². The van der Waals surface area contributed by atoms with Gasteiger partial charge in [0.1, 0.15) is 5.82 Å². The van der Waals surface area contributed by atoms with E-state index in [0.29, 0.717) is 25.2 Å². The summed E-state index contributed by atoms with van der Waals surface area (Å²) in [7, 11) is 0. The SMILES string of the molecule is OC(CNCCn1ccnn1)c1cccc(F)c1. The third-order valence-corrected chi connectivity index (χ3v) is 2.56. The predicted octanol–water partition coefficient (Wildman–Crippen LogP) is 0.740. The van der Waals surface area contributed by atoms with Crippen molar-refractivity contribution in [3.63, 3.8) is 0 Å². The fourth-order valence-corrected chi connectivity index (χ4v) is 1.62. The minimum Gasteiger partial charge on any atom is -0.387 e. The van der Waals surface area contributed by atoms with Crippen LogP contribution in [0.3, 0.4) is 0 Å². The van der Waals surface area contributed by atoms with Crippen LogP contribution < -0.4 is 5.32 Å². The Bertz CT molecular complexity index is 475. The molecule has 96 valence electrons. The van der Waals surface area contributed by atoms with Crippen molar-refractivity contribution in [2.24, 2.45) is 0 Å². The van der Waals surface area contributed by atoms with E-state index >= 15 is 0 Å². The Morgan fingerprint density at radius 2 is 2.33 bits per heavy atom. The molecular formula is C12H15FN4O. The largest absolute Gasteiger partial charge is 0.387 e. The zero-order valence-corrected chi connectivity index (χ0v) is 9.83. The quantitative estimate of drug-likeness (QED) is 0.742. The van der Waals surface area contributed by atoms with Gasteiger partial charge in [-0.3, -0.25) is 4.68 Å². The maximum atomic E-state index is 13.0. The zero-order chi connectivity index (χ0) is 12.8. The van der Waals surface area contributed by atoms with Gasteiger partial charge in [0.25, 0.3) is 0 Å². The fourth-order valence-electron chi connectivity index (χ4n) is 1.62. The molecule has 2 rings (SSSR count). The van der Waals surface area contributed by atoms with Gasteiger partial charge < -0.3 is 10.4 Å². The molecule has 1 aromatic heterocycles. The van der Waals surface area contributed by atoms with E-state index in [0.717, 1.165) is 0 Å². The van der Waals surface area contributed by atoms with Crippen LogP contribution in [0.5, 0.6) is 0 Å². The molecule has 0 amide bonds. The van der Waals surface area contributed by atoms with E-state index in [1.165, 1.54) is 12.1 Å². The number of hydrogen-bond acceptors (Lipinski definition) is 4. The van der Waals surface area contributed by atoms with Gasteiger partial charge in [-0.1, -0.05) is 17.3 Å². The van der Waals surface area contributed by atoms with Crippen LogP contribution in [0.1, 0.15) is 11.7 Å². The lowest BCUT2D eigenvalue weighted by Gasteiger charge is -2.12. The van der Waals surface area contributed by atoms with Gasteiger partial charge in [-0.15, -0.1) is 5.10 Å². The smallest absolute Gasteiger partial charge is 0.123 e. The van der Waals surface area contributed by atoms with Crippen LogP contribution in [0.4, 0.5) is 4.39 Å². The van der Waals surface area contributed by atoms with Crippen LogP contribution in [-0.2, 0) is 6.54 Å². The second kappa shape index (κ2) is 6.23. The van der Waals surface area contributed by atoms with E-state index in [1.54, 1.807) is 29.2 Å². The maximum Gasteiger partial charge on any atom is 0.123 e. The van der Waals surface area contributed by atoms with Crippen LogP contribution in [0, 0.1) is 5.82 Å². The minimum absolute atomic E-state index is 0.339. The van der Waals surface area contributed by atoms with Crippen molar-refractivity contribution in [3.05, 3.63) is 48.0 Å². The normalized spacial score (nSPS) is 12.6. The maximum absolute atomic E-state index is 13.0. The number of aromatic nitrogens is 3. The molecule has 18 heavy (non-hydrogen) atoms. The van der Waals surface area contributed by atoms with Gasteiger partial charge in [0, 0.05) is 19.3 Å². The Morgan fingerprint density at radius 3 is 3.06 bits per heavy atom. The predicted molar refractivity (Wildman–Crippen MR) is 64.3 cm³/mol. The Labute approximate surface area is 104 Å². The molecular weight excluding hydrogens is 235 g/mol. The number of nitrogens with one attached hydrogen (secondary N) is 1. The monoisotopic (exact) mass is 250 g/mol. The average Bonchev–Trinajstić information content (AvgIpc) is 2.87. The molecule has 0 radical (unpaired) electrons. The third-order valence-electron chi connectivity index (χ3n) is 2.56. The lowest BCUT2D eigenvalue weighted by molar-refractivity contribution is 0.174. The summed E-state index contributed by atoms with van der Waals surface area (Å²) < 4.78 is 14.6. The van der Waals surface area contributed by atoms with Crippen LogP contribution in [0.15, 0.2) is 36.7 Å². The summed E-state index contributed by atoms with van der Waals surface area (Å²) in [4.78, 5) is 0. The van der Waals surface area contributed by atoms with Gasteiger partial charge in [-0.05, 0) is 17.7 Å². The summed E-state index contributed by atoms with van der Waals surface area (Å²) in [6.45, 7) is 1.71. The van der Waals surface area contributed by atoms with Gasteiger partial charge in [-0.2, -0.15) is 0 Å². The molecule has 0 bridgehead atoms. The van der Waals surface area contributed by atoms with Crippen LogP contribution in [0.25, 0.3) is 0 Å². The Balaban J connectivity index is 1.73. The first-order valence-corrected chi connectivity index (χ1v) is 5.74. The Kier molecular flexibility index (Phi) is 4.38. The zero-order valence-electron chi connectivity index (χ0n) is 9.83. The number of rotatable bonds is 6. The van der Waals surface area contributed by atoms with E-state index in [-0.39, 0.29) is 5.82 Å². The molecule has 1 atom stereocenters. The van der Waals surface area contributed by atoms with Crippen molar-refractivity contribution >= 4 is 0 Å². The van der Waals surface area contributed by atoms with Crippen molar-refractivity contribution in [3.8, 4) is 0 Å². The van der Waals surface area contributed by atoms with Crippen molar-refractivity contribution in [1.82, 2.24) is 20.3 Å². The second-order valence-electron chi connectivity index (χ2n) is 3.94. The lowest BCUT2D eigenvalue weighted by Crippen LogP contribution is -2.25. The van der Waals surface area contributed by atoms with E-state index in [1.807, 2.05) is 0 Å². The number of aliphatic hydroxyl groups excluding tert-OH is 1. The minimum atomic E-state index is -0.712.